The van der Waals surface area contributed by atoms with E-state index in [9.17, 15) is 0 Å². The minimum atomic E-state index is 0.829. The molecule has 0 unspecified atom stereocenters. The van der Waals surface area contributed by atoms with E-state index in [-0.39, 0.29) is 0 Å². The minimum absolute atomic E-state index is 0.829. The Bertz CT molecular complexity index is 508. The number of nitrogens with zero attached hydrogens (tertiary/aromatic N) is 3. The van der Waals surface area contributed by atoms with E-state index in [4.69, 9.17) is 0 Å². The molecule has 0 radical (unpaired) electrons. The van der Waals surface area contributed by atoms with Gasteiger partial charge in [-0.3, -0.25) is 4.98 Å². The lowest BCUT2D eigenvalue weighted by atomic mass is 10.2. The predicted octanol–water partition coefficient (Wildman–Crippen LogP) is 2.59. The summed E-state index contributed by atoms with van der Waals surface area (Å²) < 4.78 is 0. The fourth-order valence-corrected chi connectivity index (χ4v) is 1.60. The van der Waals surface area contributed by atoms with Crippen LogP contribution in [0.25, 0.3) is 11.3 Å². The molecule has 4 heteroatoms. The Hall–Kier alpha value is -1.97. The summed E-state index contributed by atoms with van der Waals surface area (Å²) in [7, 11) is 0. The Morgan fingerprint density at radius 3 is 2.35 bits per heavy atom. The van der Waals surface area contributed by atoms with Crippen molar-refractivity contribution < 1.29 is 0 Å². The van der Waals surface area contributed by atoms with Gasteiger partial charge >= 0.3 is 0 Å². The summed E-state index contributed by atoms with van der Waals surface area (Å²) in [5, 5.41) is 3.25. The molecule has 4 nitrogen and oxygen atoms in total. The van der Waals surface area contributed by atoms with Gasteiger partial charge in [-0.2, -0.15) is 0 Å². The molecule has 88 valence electrons. The van der Waals surface area contributed by atoms with Gasteiger partial charge in [-0.25, -0.2) is 9.97 Å². The second-order valence-electron chi connectivity index (χ2n) is 3.86. The lowest BCUT2D eigenvalue weighted by Gasteiger charge is -2.11. The Morgan fingerprint density at radius 1 is 1.06 bits per heavy atom. The number of hydrogen-bond acceptors (Lipinski definition) is 4. The van der Waals surface area contributed by atoms with E-state index in [1.54, 1.807) is 12.4 Å². The maximum atomic E-state index is 4.61. The van der Waals surface area contributed by atoms with Crippen molar-refractivity contribution in [2.24, 2.45) is 0 Å². The van der Waals surface area contributed by atoms with Gasteiger partial charge in [0.15, 0.2) is 5.82 Å². The highest BCUT2D eigenvalue weighted by Gasteiger charge is 2.10. The lowest BCUT2D eigenvalue weighted by Crippen LogP contribution is -2.06. The summed E-state index contributed by atoms with van der Waals surface area (Å²) in [6.07, 6.45) is 3.53. The summed E-state index contributed by atoms with van der Waals surface area (Å²) >= 11 is 0. The van der Waals surface area contributed by atoms with Crippen molar-refractivity contribution in [3.8, 4) is 11.3 Å². The molecule has 0 fully saturated rings. The second kappa shape index (κ2) is 4.91. The third kappa shape index (κ3) is 2.41. The predicted molar refractivity (Wildman–Crippen MR) is 68.9 cm³/mol. The first-order chi connectivity index (χ1) is 8.22. The van der Waals surface area contributed by atoms with E-state index in [0.29, 0.717) is 0 Å². The van der Waals surface area contributed by atoms with E-state index in [1.165, 1.54) is 0 Å². The minimum Gasteiger partial charge on any atom is -0.369 e. The number of rotatable bonds is 3. The molecule has 2 aromatic rings. The van der Waals surface area contributed by atoms with Gasteiger partial charge in [-0.15, -0.1) is 0 Å². The van der Waals surface area contributed by atoms with Crippen LogP contribution >= 0.6 is 0 Å². The number of hydrogen-bond donors (Lipinski definition) is 1. The first kappa shape index (κ1) is 11.5. The van der Waals surface area contributed by atoms with Crippen LogP contribution in [0.5, 0.6) is 0 Å². The van der Waals surface area contributed by atoms with Gasteiger partial charge in [-0.05, 0) is 32.9 Å². The third-order valence-corrected chi connectivity index (χ3v) is 2.60. The highest BCUT2D eigenvalue weighted by molar-refractivity contribution is 5.71. The molecule has 0 aromatic carbocycles. The van der Waals surface area contributed by atoms with E-state index in [0.717, 1.165) is 35.0 Å². The average molecular weight is 228 g/mol. The Labute approximate surface area is 101 Å². The van der Waals surface area contributed by atoms with E-state index >= 15 is 0 Å². The van der Waals surface area contributed by atoms with Crippen molar-refractivity contribution in [3.05, 3.63) is 35.9 Å². The van der Waals surface area contributed by atoms with Gasteiger partial charge in [0.25, 0.3) is 0 Å². The van der Waals surface area contributed by atoms with Crippen LogP contribution in [0.2, 0.25) is 0 Å². The highest BCUT2D eigenvalue weighted by Crippen LogP contribution is 2.24. The molecule has 0 saturated heterocycles. The van der Waals surface area contributed by atoms with Crippen molar-refractivity contribution >= 4 is 5.82 Å². The van der Waals surface area contributed by atoms with Crippen molar-refractivity contribution in [3.63, 3.8) is 0 Å². The molecule has 0 saturated carbocycles. The number of aryl methyl sites for hydroxylation is 2. The van der Waals surface area contributed by atoms with Gasteiger partial charge < -0.3 is 5.32 Å². The Morgan fingerprint density at radius 2 is 1.71 bits per heavy atom. The molecule has 0 amide bonds. The number of anilines is 1. The zero-order chi connectivity index (χ0) is 12.3. The molecule has 17 heavy (non-hydrogen) atoms. The van der Waals surface area contributed by atoms with Crippen molar-refractivity contribution in [1.82, 2.24) is 15.0 Å². The molecule has 0 bridgehead atoms. The maximum Gasteiger partial charge on any atom is 0.152 e. The summed E-state index contributed by atoms with van der Waals surface area (Å²) in [5.41, 5.74) is 3.83. The topological polar surface area (TPSA) is 50.7 Å². The third-order valence-electron chi connectivity index (χ3n) is 2.60. The molecule has 0 spiro atoms. The van der Waals surface area contributed by atoms with Crippen LogP contribution < -0.4 is 5.32 Å². The molecule has 0 aliphatic rings. The lowest BCUT2D eigenvalue weighted by molar-refractivity contribution is 1.03. The van der Waals surface area contributed by atoms with Gasteiger partial charge in [0.05, 0.1) is 11.4 Å². The van der Waals surface area contributed by atoms with Crippen LogP contribution in [0.3, 0.4) is 0 Å². The summed E-state index contributed by atoms with van der Waals surface area (Å²) in [4.78, 5) is 13.2. The Balaban J connectivity index is 2.55. The molecule has 2 aromatic heterocycles. The van der Waals surface area contributed by atoms with E-state index < -0.39 is 0 Å². The first-order valence-corrected chi connectivity index (χ1v) is 5.72. The fourth-order valence-electron chi connectivity index (χ4n) is 1.60. The van der Waals surface area contributed by atoms with Gasteiger partial charge in [0.1, 0.15) is 5.69 Å². The van der Waals surface area contributed by atoms with E-state index in [2.05, 4.69) is 20.3 Å². The molecule has 0 atom stereocenters. The molecular formula is C13H16N4. The molecule has 1 N–H and O–H groups in total. The first-order valence-electron chi connectivity index (χ1n) is 5.72. The van der Waals surface area contributed by atoms with Crippen LogP contribution in [0.4, 0.5) is 5.82 Å². The molecule has 0 aliphatic heterocycles. The van der Waals surface area contributed by atoms with E-state index in [1.807, 2.05) is 32.9 Å². The van der Waals surface area contributed by atoms with Gasteiger partial charge in [-0.1, -0.05) is 0 Å². The number of aromatic nitrogens is 3. The van der Waals surface area contributed by atoms with Crippen LogP contribution in [0, 0.1) is 13.8 Å². The van der Waals surface area contributed by atoms with Crippen LogP contribution in [0.1, 0.15) is 18.3 Å². The molecule has 2 heterocycles. The zero-order valence-corrected chi connectivity index (χ0v) is 10.4. The van der Waals surface area contributed by atoms with Gasteiger partial charge in [0.2, 0.25) is 0 Å². The Kier molecular flexibility index (Phi) is 3.32. The van der Waals surface area contributed by atoms with Gasteiger partial charge in [0, 0.05) is 24.5 Å². The number of pyridine rings is 1. The van der Waals surface area contributed by atoms with Crippen molar-refractivity contribution in [1.29, 1.82) is 0 Å². The standard InChI is InChI=1S/C13H16N4/c1-4-15-13-12(11-5-7-14-8-6-11)16-9(2)10(3)17-13/h5-8H,4H2,1-3H3,(H,15,17). The zero-order valence-electron chi connectivity index (χ0n) is 10.4. The summed E-state index contributed by atoms with van der Waals surface area (Å²) in [5.74, 6) is 0.835. The fraction of sp³-hybridized carbons (Fsp3) is 0.308. The van der Waals surface area contributed by atoms with Crippen LogP contribution in [0.15, 0.2) is 24.5 Å². The molecule has 2 rings (SSSR count). The van der Waals surface area contributed by atoms with Crippen molar-refractivity contribution in [2.75, 3.05) is 11.9 Å². The molecular weight excluding hydrogens is 212 g/mol. The average Bonchev–Trinajstić information content (AvgIpc) is 2.35. The quantitative estimate of drug-likeness (QED) is 0.877. The largest absolute Gasteiger partial charge is 0.369 e. The SMILES string of the molecule is CCNc1nc(C)c(C)nc1-c1ccncc1. The second-order valence-corrected chi connectivity index (χ2v) is 3.86. The summed E-state index contributed by atoms with van der Waals surface area (Å²) in [6.45, 7) is 6.82. The summed E-state index contributed by atoms with van der Waals surface area (Å²) in [6, 6.07) is 3.89. The smallest absolute Gasteiger partial charge is 0.152 e. The van der Waals surface area contributed by atoms with Crippen molar-refractivity contribution in [2.45, 2.75) is 20.8 Å². The van der Waals surface area contributed by atoms with Crippen LogP contribution in [-0.2, 0) is 0 Å². The maximum absolute atomic E-state index is 4.61. The van der Waals surface area contributed by atoms with Crippen LogP contribution in [-0.4, -0.2) is 21.5 Å². The normalized spacial score (nSPS) is 10.3. The molecule has 0 aliphatic carbocycles. The monoisotopic (exact) mass is 228 g/mol. The number of nitrogens with one attached hydrogen (secondary N) is 1. The highest BCUT2D eigenvalue weighted by atomic mass is 15.0.